The third kappa shape index (κ3) is 15.5. The van der Waals surface area contributed by atoms with E-state index in [9.17, 15) is 19.6 Å². The van der Waals surface area contributed by atoms with Gasteiger partial charge < -0.3 is 19.6 Å². The van der Waals surface area contributed by atoms with Crippen LogP contribution in [0.5, 0.6) is 0 Å². The van der Waals surface area contributed by atoms with Gasteiger partial charge in [0, 0.05) is 9.79 Å². The van der Waals surface area contributed by atoms with E-state index in [-0.39, 0.29) is 21.1 Å². The van der Waals surface area contributed by atoms with Crippen molar-refractivity contribution in [2.24, 2.45) is 0 Å². The molecule has 0 saturated carbocycles. The zero-order chi connectivity index (χ0) is 22.6. The Bertz CT molecular complexity index is 802. The maximum Gasteiger partial charge on any atom is 4.00 e. The Hall–Kier alpha value is 0.968. The van der Waals surface area contributed by atoms with Crippen LogP contribution < -0.4 is 19.6 Å². The molecule has 2 aromatic carbocycles. The Kier molecular flexibility index (Phi) is 17.1. The molecule has 0 aliphatic rings. The standard InChI is InChI=1S/2C10H15O2PS2.Mo/c2*1-2-3-6-9-7-4-5-8-10(9)15-13(11,12)14;/h2*4-5,7-8H,2-3,6H2,1H3,(H2,11,12,14);/q;;+4/p-4. The van der Waals surface area contributed by atoms with Crippen molar-refractivity contribution in [2.75, 3.05) is 0 Å². The van der Waals surface area contributed by atoms with Crippen molar-refractivity contribution in [1.82, 2.24) is 0 Å². The van der Waals surface area contributed by atoms with Gasteiger partial charge in [0.05, 0.1) is 0 Å². The van der Waals surface area contributed by atoms with Crippen molar-refractivity contribution in [1.29, 1.82) is 0 Å². The van der Waals surface area contributed by atoms with Gasteiger partial charge in [0.2, 0.25) is 0 Å². The number of hydrogen-bond acceptors (Lipinski definition) is 8. The van der Waals surface area contributed by atoms with Gasteiger partial charge in [0.1, 0.15) is 0 Å². The first-order valence-corrected chi connectivity index (χ1v) is 17.8. The second kappa shape index (κ2) is 16.6. The molecule has 2 aromatic rings. The van der Waals surface area contributed by atoms with E-state index in [1.807, 2.05) is 48.5 Å². The van der Waals surface area contributed by atoms with Crippen LogP contribution >= 0.6 is 34.2 Å². The van der Waals surface area contributed by atoms with Crippen LogP contribution in [0.4, 0.5) is 0 Å². The zero-order valence-electron chi connectivity index (χ0n) is 17.4. The van der Waals surface area contributed by atoms with E-state index in [1.165, 1.54) is 0 Å². The van der Waals surface area contributed by atoms with Crippen LogP contribution in [0, 0.1) is 0 Å². The first-order chi connectivity index (χ1) is 14.1. The molecule has 0 amide bonds. The van der Waals surface area contributed by atoms with Gasteiger partial charge in [-0.25, -0.2) is 0 Å². The van der Waals surface area contributed by atoms with Gasteiger partial charge in [-0.2, -0.15) is 11.4 Å². The Morgan fingerprint density at radius 1 is 0.677 bits per heavy atom. The molecule has 0 aliphatic heterocycles. The van der Waals surface area contributed by atoms with Crippen molar-refractivity contribution in [3.8, 4) is 0 Å². The fourth-order valence-corrected chi connectivity index (χ4v) is 7.87. The maximum absolute atomic E-state index is 11.0. The molecular formula is C20H26MoO4P2S4. The fourth-order valence-electron chi connectivity index (χ4n) is 2.57. The van der Waals surface area contributed by atoms with Crippen molar-refractivity contribution in [3.63, 3.8) is 0 Å². The molecule has 0 heterocycles. The van der Waals surface area contributed by atoms with Crippen molar-refractivity contribution >= 4 is 57.8 Å². The summed E-state index contributed by atoms with van der Waals surface area (Å²) in [6.07, 6.45) is 6.16. The molecule has 2 rings (SSSR count). The SMILES string of the molecule is CCCCc1ccccc1SP([O-])([O-])=S.CCCCc1ccccc1SP([O-])([O-])=S.[Mo+4]. The molecule has 4 nitrogen and oxygen atoms in total. The molecule has 0 unspecified atom stereocenters. The summed E-state index contributed by atoms with van der Waals surface area (Å²) < 4.78 is 0. The molecule has 0 radical (unpaired) electrons. The van der Waals surface area contributed by atoms with E-state index >= 15 is 0 Å². The Labute approximate surface area is 218 Å². The second-order valence-electron chi connectivity index (χ2n) is 6.50. The summed E-state index contributed by atoms with van der Waals surface area (Å²) in [6, 6.07) is 15.1. The number of unbranched alkanes of at least 4 members (excludes halogenated alkanes) is 2. The number of aryl methyl sites for hydroxylation is 2. The van der Waals surface area contributed by atoms with Gasteiger partial charge in [-0.3, -0.25) is 0 Å². The minimum absolute atomic E-state index is 0. The summed E-state index contributed by atoms with van der Waals surface area (Å²) in [5.74, 6) is 0. The van der Waals surface area contributed by atoms with E-state index in [0.29, 0.717) is 0 Å². The van der Waals surface area contributed by atoms with Gasteiger partial charge in [-0.15, -0.1) is 46.4 Å². The normalized spacial score (nSPS) is 11.3. The van der Waals surface area contributed by atoms with Crippen molar-refractivity contribution in [3.05, 3.63) is 59.7 Å². The van der Waals surface area contributed by atoms with Crippen LogP contribution in [0.3, 0.4) is 0 Å². The zero-order valence-corrected chi connectivity index (χ0v) is 24.5. The van der Waals surface area contributed by atoms with Crippen LogP contribution in [-0.4, -0.2) is 0 Å². The smallest absolute Gasteiger partial charge is 0.824 e. The van der Waals surface area contributed by atoms with Crippen molar-refractivity contribution < 1.29 is 40.6 Å². The largest absolute Gasteiger partial charge is 4.00 e. The van der Waals surface area contributed by atoms with E-state index in [0.717, 1.165) is 82.2 Å². The van der Waals surface area contributed by atoms with E-state index in [4.69, 9.17) is 0 Å². The molecule has 0 aliphatic carbocycles. The monoisotopic (exact) mass is 618 g/mol. The predicted octanol–water partition coefficient (Wildman–Crippen LogP) is 4.13. The van der Waals surface area contributed by atoms with Gasteiger partial charge in [0.15, 0.2) is 0 Å². The van der Waals surface area contributed by atoms with Crippen LogP contribution in [-0.2, 0) is 57.5 Å². The molecule has 0 spiro atoms. The van der Waals surface area contributed by atoms with Gasteiger partial charge in [-0.1, -0.05) is 63.1 Å². The van der Waals surface area contributed by atoms with Crippen LogP contribution in [0.15, 0.2) is 58.3 Å². The Morgan fingerprint density at radius 2 is 1.00 bits per heavy atom. The minimum atomic E-state index is -3.70. The molecule has 0 N–H and O–H groups in total. The first-order valence-electron chi connectivity index (χ1n) is 9.64. The molecule has 0 atom stereocenters. The summed E-state index contributed by atoms with van der Waals surface area (Å²) in [7, 11) is 0. The van der Waals surface area contributed by atoms with Crippen LogP contribution in [0.25, 0.3) is 0 Å². The quantitative estimate of drug-likeness (QED) is 0.291. The third-order valence-electron chi connectivity index (χ3n) is 3.96. The minimum Gasteiger partial charge on any atom is -0.824 e. The number of benzene rings is 2. The van der Waals surface area contributed by atoms with E-state index < -0.39 is 11.4 Å². The molecule has 0 fully saturated rings. The average Bonchev–Trinajstić information content (AvgIpc) is 2.65. The van der Waals surface area contributed by atoms with Crippen LogP contribution in [0.1, 0.15) is 50.7 Å². The van der Waals surface area contributed by atoms with Crippen molar-refractivity contribution in [2.45, 2.75) is 62.2 Å². The molecule has 0 bridgehead atoms. The average molecular weight is 617 g/mol. The Balaban J connectivity index is 0.000000562. The summed E-state index contributed by atoms with van der Waals surface area (Å²) in [6.45, 7) is 4.22. The summed E-state index contributed by atoms with van der Waals surface area (Å²) >= 11 is 10.4. The molecule has 0 saturated heterocycles. The maximum atomic E-state index is 11.0. The predicted molar refractivity (Wildman–Crippen MR) is 130 cm³/mol. The molecule has 11 heteroatoms. The number of rotatable bonds is 10. The topological polar surface area (TPSA) is 92.2 Å². The van der Waals surface area contributed by atoms with Gasteiger partial charge in [0.25, 0.3) is 0 Å². The number of hydrogen-bond donors (Lipinski definition) is 0. The van der Waals surface area contributed by atoms with Gasteiger partial charge >= 0.3 is 21.1 Å². The van der Waals surface area contributed by atoms with Crippen LogP contribution in [0.2, 0.25) is 0 Å². The molecular weight excluding hydrogens is 590 g/mol. The first kappa shape index (κ1) is 32.0. The second-order valence-corrected chi connectivity index (χ2v) is 17.8. The summed E-state index contributed by atoms with van der Waals surface area (Å²) in [4.78, 5) is 45.7. The fraction of sp³-hybridized carbons (Fsp3) is 0.400. The Morgan fingerprint density at radius 3 is 1.29 bits per heavy atom. The van der Waals surface area contributed by atoms with E-state index in [1.54, 1.807) is 0 Å². The molecule has 31 heavy (non-hydrogen) atoms. The summed E-state index contributed by atoms with van der Waals surface area (Å²) in [5, 5.41) is 0. The molecule has 170 valence electrons. The third-order valence-corrected chi connectivity index (χ3v) is 9.47. The van der Waals surface area contributed by atoms with E-state index in [2.05, 4.69) is 37.5 Å². The molecule has 0 aromatic heterocycles. The summed E-state index contributed by atoms with van der Waals surface area (Å²) in [5.41, 5.74) is -5.24. The van der Waals surface area contributed by atoms with Gasteiger partial charge in [-0.05, 0) is 48.9 Å².